The van der Waals surface area contributed by atoms with Crippen LogP contribution in [0.1, 0.15) is 32.1 Å². The lowest BCUT2D eigenvalue weighted by Crippen LogP contribution is -2.10. The molecule has 2 nitrogen and oxygen atoms in total. The maximum Gasteiger partial charge on any atom is 0.265 e. The molecule has 1 aliphatic carbocycles. The molecule has 1 aromatic carbocycles. The van der Waals surface area contributed by atoms with Gasteiger partial charge in [-0.2, -0.15) is 0 Å². The summed E-state index contributed by atoms with van der Waals surface area (Å²) < 4.78 is 0. The number of carbonyl (C=O) groups is 1. The zero-order valence-corrected chi connectivity index (χ0v) is 11.1. The SMILES string of the molecule is Cc1ccc(C(=O)Nc2ccc3c(c2)CCC3)s1. The highest BCUT2D eigenvalue weighted by Crippen LogP contribution is 2.25. The van der Waals surface area contributed by atoms with Crippen molar-refractivity contribution in [1.82, 2.24) is 0 Å². The molecule has 18 heavy (non-hydrogen) atoms. The highest BCUT2D eigenvalue weighted by atomic mass is 32.1. The van der Waals surface area contributed by atoms with E-state index in [9.17, 15) is 4.79 Å². The third-order valence-corrected chi connectivity index (χ3v) is 4.32. The van der Waals surface area contributed by atoms with Crippen LogP contribution in [0.15, 0.2) is 30.3 Å². The van der Waals surface area contributed by atoms with Gasteiger partial charge in [0.25, 0.3) is 5.91 Å². The topological polar surface area (TPSA) is 29.1 Å². The molecule has 3 rings (SSSR count). The second-order valence-corrected chi connectivity index (χ2v) is 5.99. The maximum atomic E-state index is 12.0. The van der Waals surface area contributed by atoms with Gasteiger partial charge in [-0.15, -0.1) is 11.3 Å². The first-order chi connectivity index (χ1) is 8.72. The molecule has 1 aromatic heterocycles. The van der Waals surface area contributed by atoms with Crippen LogP contribution >= 0.6 is 11.3 Å². The van der Waals surface area contributed by atoms with Gasteiger partial charge in [0, 0.05) is 10.6 Å². The minimum atomic E-state index is -0.00829. The van der Waals surface area contributed by atoms with Crippen LogP contribution in [0.25, 0.3) is 0 Å². The maximum absolute atomic E-state index is 12.0. The van der Waals surface area contributed by atoms with Gasteiger partial charge >= 0.3 is 0 Å². The summed E-state index contributed by atoms with van der Waals surface area (Å²) in [6.07, 6.45) is 3.54. The summed E-state index contributed by atoms with van der Waals surface area (Å²) in [6, 6.07) is 10.1. The van der Waals surface area contributed by atoms with Crippen molar-refractivity contribution in [2.24, 2.45) is 0 Å². The fourth-order valence-corrected chi connectivity index (χ4v) is 3.16. The zero-order chi connectivity index (χ0) is 12.5. The molecular formula is C15H15NOS. The van der Waals surface area contributed by atoms with Crippen molar-refractivity contribution in [2.45, 2.75) is 26.2 Å². The first-order valence-electron chi connectivity index (χ1n) is 6.22. The zero-order valence-electron chi connectivity index (χ0n) is 10.3. The van der Waals surface area contributed by atoms with Crippen LogP contribution in [0.3, 0.4) is 0 Å². The average Bonchev–Trinajstić information content (AvgIpc) is 2.96. The van der Waals surface area contributed by atoms with E-state index >= 15 is 0 Å². The first kappa shape index (κ1) is 11.5. The summed E-state index contributed by atoms with van der Waals surface area (Å²) in [4.78, 5) is 14.0. The van der Waals surface area contributed by atoms with E-state index in [1.165, 1.54) is 35.3 Å². The lowest BCUT2D eigenvalue weighted by molar-refractivity contribution is 0.103. The predicted molar refractivity (Wildman–Crippen MR) is 75.5 cm³/mol. The van der Waals surface area contributed by atoms with Gasteiger partial charge in [-0.1, -0.05) is 6.07 Å². The lowest BCUT2D eigenvalue weighted by Gasteiger charge is -2.06. The second-order valence-electron chi connectivity index (χ2n) is 4.70. The Morgan fingerprint density at radius 2 is 2.00 bits per heavy atom. The van der Waals surface area contributed by atoms with Gasteiger partial charge in [0.2, 0.25) is 0 Å². The Hall–Kier alpha value is -1.61. The Labute approximate surface area is 111 Å². The molecule has 1 heterocycles. The summed E-state index contributed by atoms with van der Waals surface area (Å²) >= 11 is 1.53. The van der Waals surface area contributed by atoms with Crippen molar-refractivity contribution in [1.29, 1.82) is 0 Å². The van der Waals surface area contributed by atoms with E-state index in [1.807, 2.05) is 25.1 Å². The van der Waals surface area contributed by atoms with Crippen molar-refractivity contribution in [3.63, 3.8) is 0 Å². The summed E-state index contributed by atoms with van der Waals surface area (Å²) in [5.41, 5.74) is 3.72. The van der Waals surface area contributed by atoms with E-state index in [2.05, 4.69) is 17.4 Å². The highest BCUT2D eigenvalue weighted by molar-refractivity contribution is 7.14. The summed E-state index contributed by atoms with van der Waals surface area (Å²) in [7, 11) is 0. The number of carbonyl (C=O) groups excluding carboxylic acids is 1. The van der Waals surface area contributed by atoms with Gasteiger partial charge < -0.3 is 5.32 Å². The number of anilines is 1. The Bertz CT molecular complexity index is 600. The first-order valence-corrected chi connectivity index (χ1v) is 7.03. The van der Waals surface area contributed by atoms with Gasteiger partial charge in [-0.3, -0.25) is 4.79 Å². The van der Waals surface area contributed by atoms with E-state index in [4.69, 9.17) is 0 Å². The van der Waals surface area contributed by atoms with E-state index in [-0.39, 0.29) is 5.91 Å². The Kier molecular flexibility index (Phi) is 2.92. The van der Waals surface area contributed by atoms with Crippen molar-refractivity contribution in [3.05, 3.63) is 51.2 Å². The molecule has 0 unspecified atom stereocenters. The van der Waals surface area contributed by atoms with Crippen LogP contribution in [-0.4, -0.2) is 5.91 Å². The van der Waals surface area contributed by atoms with Crippen LogP contribution in [0.4, 0.5) is 5.69 Å². The fourth-order valence-electron chi connectivity index (χ4n) is 2.40. The summed E-state index contributed by atoms with van der Waals surface area (Å²) in [6.45, 7) is 2.01. The normalized spacial score (nSPS) is 13.4. The van der Waals surface area contributed by atoms with E-state index in [0.717, 1.165) is 21.9 Å². The van der Waals surface area contributed by atoms with Crippen molar-refractivity contribution in [2.75, 3.05) is 5.32 Å². The molecule has 0 radical (unpaired) electrons. The van der Waals surface area contributed by atoms with Gasteiger partial charge in [0.05, 0.1) is 4.88 Å². The third-order valence-electron chi connectivity index (χ3n) is 3.32. The number of hydrogen-bond acceptors (Lipinski definition) is 2. The smallest absolute Gasteiger partial charge is 0.265 e. The minimum absolute atomic E-state index is 0.00829. The number of rotatable bonds is 2. The van der Waals surface area contributed by atoms with Crippen LogP contribution in [0, 0.1) is 6.92 Å². The average molecular weight is 257 g/mol. The highest BCUT2D eigenvalue weighted by Gasteiger charge is 2.13. The predicted octanol–water partition coefficient (Wildman–Crippen LogP) is 3.80. The quantitative estimate of drug-likeness (QED) is 0.871. The molecule has 3 heteroatoms. The largest absolute Gasteiger partial charge is 0.321 e. The minimum Gasteiger partial charge on any atom is -0.321 e. The summed E-state index contributed by atoms with van der Waals surface area (Å²) in [5.74, 6) is -0.00829. The molecular weight excluding hydrogens is 242 g/mol. The lowest BCUT2D eigenvalue weighted by atomic mass is 10.1. The Balaban J connectivity index is 1.78. The molecule has 1 N–H and O–H groups in total. The monoisotopic (exact) mass is 257 g/mol. The summed E-state index contributed by atoms with van der Waals surface area (Å²) in [5, 5.41) is 2.97. The molecule has 0 bridgehead atoms. The number of amides is 1. The van der Waals surface area contributed by atoms with Crippen molar-refractivity contribution < 1.29 is 4.79 Å². The molecule has 0 aliphatic heterocycles. The number of thiophene rings is 1. The molecule has 0 atom stereocenters. The van der Waals surface area contributed by atoms with Gasteiger partial charge in [0.15, 0.2) is 0 Å². The molecule has 0 spiro atoms. The van der Waals surface area contributed by atoms with Crippen molar-refractivity contribution in [3.8, 4) is 0 Å². The van der Waals surface area contributed by atoms with Gasteiger partial charge in [-0.25, -0.2) is 0 Å². The molecule has 0 saturated heterocycles. The van der Waals surface area contributed by atoms with Crippen LogP contribution in [-0.2, 0) is 12.8 Å². The van der Waals surface area contributed by atoms with Crippen LogP contribution in [0.5, 0.6) is 0 Å². The van der Waals surface area contributed by atoms with E-state index in [1.54, 1.807) is 0 Å². The molecule has 1 amide bonds. The number of aryl methyl sites for hydroxylation is 3. The number of benzene rings is 1. The standard InChI is InChI=1S/C15H15NOS/c1-10-5-8-14(18-10)15(17)16-13-7-6-11-3-2-4-12(11)9-13/h5-9H,2-4H2,1H3,(H,16,17). The van der Waals surface area contributed by atoms with Gasteiger partial charge in [0.1, 0.15) is 0 Å². The van der Waals surface area contributed by atoms with E-state index in [0.29, 0.717) is 0 Å². The molecule has 1 aliphatic rings. The Morgan fingerprint density at radius 3 is 2.78 bits per heavy atom. The van der Waals surface area contributed by atoms with Crippen LogP contribution in [0.2, 0.25) is 0 Å². The second kappa shape index (κ2) is 4.58. The number of hydrogen-bond donors (Lipinski definition) is 1. The fraction of sp³-hybridized carbons (Fsp3) is 0.267. The number of fused-ring (bicyclic) bond motifs is 1. The van der Waals surface area contributed by atoms with Crippen molar-refractivity contribution >= 4 is 22.9 Å². The molecule has 92 valence electrons. The van der Waals surface area contributed by atoms with Gasteiger partial charge in [-0.05, 0) is 61.6 Å². The molecule has 2 aromatic rings. The molecule has 0 saturated carbocycles. The Morgan fingerprint density at radius 1 is 1.17 bits per heavy atom. The van der Waals surface area contributed by atoms with Crippen LogP contribution < -0.4 is 5.32 Å². The number of nitrogens with one attached hydrogen (secondary N) is 1. The molecule has 0 fully saturated rings. The van der Waals surface area contributed by atoms with E-state index < -0.39 is 0 Å². The third kappa shape index (κ3) is 2.18.